The van der Waals surface area contributed by atoms with Gasteiger partial charge in [0.25, 0.3) is 0 Å². The van der Waals surface area contributed by atoms with E-state index >= 15 is 0 Å². The molecule has 4 aromatic rings. The van der Waals surface area contributed by atoms with Crippen LogP contribution in [0, 0.1) is 17.5 Å². The van der Waals surface area contributed by atoms with Gasteiger partial charge in [-0.15, -0.1) is 0 Å². The first-order valence-electron chi connectivity index (χ1n) is 11.1. The van der Waals surface area contributed by atoms with Crippen LogP contribution < -0.4 is 10.2 Å². The van der Waals surface area contributed by atoms with Crippen LogP contribution in [0.2, 0.25) is 0 Å². The minimum absolute atomic E-state index is 0.298. The predicted molar refractivity (Wildman–Crippen MR) is 122 cm³/mol. The van der Waals surface area contributed by atoms with Crippen LogP contribution in [0.1, 0.15) is 30.0 Å². The standard InChI is InChI=1S/C25H22F3N5O/c26-17-5-3-16(4-6-17)11-12-29-25(34)33-15-30-21-9-10-23(31-24(21)33)32-13-1-2-22(32)19-14-18(27)7-8-20(19)28/h3-10,14-15,22H,1-2,11-13H2,(H,29,34). The minimum atomic E-state index is -0.484. The SMILES string of the molecule is O=C(NCCc1ccc(F)cc1)n1cnc2ccc(N3CCCC3c3cc(F)ccc3F)nc21. The second-order valence-corrected chi connectivity index (χ2v) is 8.25. The summed E-state index contributed by atoms with van der Waals surface area (Å²) in [6.45, 7) is 0.994. The zero-order chi connectivity index (χ0) is 23.7. The molecule has 2 aromatic heterocycles. The van der Waals surface area contributed by atoms with Crippen LogP contribution in [0.3, 0.4) is 0 Å². The molecule has 1 atom stereocenters. The summed E-state index contributed by atoms with van der Waals surface area (Å²) in [5.41, 5.74) is 2.13. The topological polar surface area (TPSA) is 63.1 Å². The van der Waals surface area contributed by atoms with Crippen LogP contribution in [0.4, 0.5) is 23.8 Å². The average Bonchev–Trinajstić information content (AvgIpc) is 3.49. The Labute approximate surface area is 194 Å². The zero-order valence-electron chi connectivity index (χ0n) is 18.2. The summed E-state index contributed by atoms with van der Waals surface area (Å²) in [4.78, 5) is 23.6. The Kier molecular flexibility index (Phi) is 5.91. The molecule has 0 spiro atoms. The first-order valence-corrected chi connectivity index (χ1v) is 11.1. The zero-order valence-corrected chi connectivity index (χ0v) is 18.2. The summed E-state index contributed by atoms with van der Waals surface area (Å²) in [5, 5.41) is 2.82. The molecule has 174 valence electrons. The molecule has 1 saturated heterocycles. The molecule has 6 nitrogen and oxygen atoms in total. The van der Waals surface area contributed by atoms with E-state index in [1.165, 1.54) is 29.1 Å². The largest absolute Gasteiger partial charge is 0.349 e. The van der Waals surface area contributed by atoms with E-state index in [9.17, 15) is 18.0 Å². The molecule has 0 saturated carbocycles. The Morgan fingerprint density at radius 1 is 1.03 bits per heavy atom. The highest BCUT2D eigenvalue weighted by atomic mass is 19.1. The Morgan fingerprint density at radius 3 is 2.65 bits per heavy atom. The van der Waals surface area contributed by atoms with Crippen molar-refractivity contribution < 1.29 is 18.0 Å². The van der Waals surface area contributed by atoms with Crippen molar-refractivity contribution in [3.63, 3.8) is 0 Å². The molecule has 0 aliphatic carbocycles. The predicted octanol–water partition coefficient (Wildman–Crippen LogP) is 4.99. The second kappa shape index (κ2) is 9.17. The number of pyridine rings is 1. The maximum Gasteiger partial charge on any atom is 0.328 e. The Morgan fingerprint density at radius 2 is 1.82 bits per heavy atom. The fraction of sp³-hybridized carbons (Fsp3) is 0.240. The lowest BCUT2D eigenvalue weighted by atomic mass is 10.0. The van der Waals surface area contributed by atoms with Crippen molar-refractivity contribution in [1.29, 1.82) is 0 Å². The highest BCUT2D eigenvalue weighted by Crippen LogP contribution is 2.37. The summed E-state index contributed by atoms with van der Waals surface area (Å²) in [6.07, 6.45) is 3.43. The molecule has 34 heavy (non-hydrogen) atoms. The van der Waals surface area contributed by atoms with Gasteiger partial charge in [-0.3, -0.25) is 0 Å². The van der Waals surface area contributed by atoms with Gasteiger partial charge in [0.1, 0.15) is 35.1 Å². The number of halogens is 3. The number of aromatic nitrogens is 3. The summed E-state index contributed by atoms with van der Waals surface area (Å²) >= 11 is 0. The molecular weight excluding hydrogens is 443 g/mol. The van der Waals surface area contributed by atoms with Crippen LogP contribution in [0.15, 0.2) is 60.9 Å². The number of hydrogen-bond acceptors (Lipinski definition) is 4. The van der Waals surface area contributed by atoms with E-state index < -0.39 is 11.6 Å². The fourth-order valence-electron chi connectivity index (χ4n) is 4.38. The average molecular weight is 465 g/mol. The van der Waals surface area contributed by atoms with Crippen LogP contribution in [-0.4, -0.2) is 33.7 Å². The summed E-state index contributed by atoms with van der Waals surface area (Å²) in [6, 6.07) is 12.4. The van der Waals surface area contributed by atoms with Crippen LogP contribution in [0.25, 0.3) is 11.2 Å². The Bertz CT molecular complexity index is 1340. The molecule has 1 aliphatic rings. The molecular formula is C25H22F3N5O. The molecule has 5 rings (SSSR count). The van der Waals surface area contributed by atoms with Crippen molar-refractivity contribution in [3.05, 3.63) is 89.5 Å². The van der Waals surface area contributed by atoms with Crippen molar-refractivity contribution in [2.75, 3.05) is 18.0 Å². The van der Waals surface area contributed by atoms with Crippen molar-refractivity contribution in [2.24, 2.45) is 0 Å². The number of nitrogens with one attached hydrogen (secondary N) is 1. The molecule has 1 unspecified atom stereocenters. The van der Waals surface area contributed by atoms with Gasteiger partial charge < -0.3 is 10.2 Å². The smallest absolute Gasteiger partial charge is 0.328 e. The van der Waals surface area contributed by atoms with Gasteiger partial charge in [0, 0.05) is 18.7 Å². The molecule has 1 amide bonds. The summed E-state index contributed by atoms with van der Waals surface area (Å²) < 4.78 is 42.6. The van der Waals surface area contributed by atoms with Crippen molar-refractivity contribution in [3.8, 4) is 0 Å². The van der Waals surface area contributed by atoms with Gasteiger partial charge in [0.15, 0.2) is 5.65 Å². The number of amides is 1. The molecule has 2 aromatic carbocycles. The van der Waals surface area contributed by atoms with Gasteiger partial charge >= 0.3 is 6.03 Å². The molecule has 1 aliphatic heterocycles. The fourth-order valence-corrected chi connectivity index (χ4v) is 4.38. The van der Waals surface area contributed by atoms with E-state index in [0.717, 1.165) is 24.1 Å². The van der Waals surface area contributed by atoms with Crippen LogP contribution in [0.5, 0.6) is 0 Å². The minimum Gasteiger partial charge on any atom is -0.349 e. The molecule has 1 N–H and O–H groups in total. The third-order valence-corrected chi connectivity index (χ3v) is 6.07. The summed E-state index contributed by atoms with van der Waals surface area (Å²) in [7, 11) is 0. The lowest BCUT2D eigenvalue weighted by Crippen LogP contribution is -2.30. The lowest BCUT2D eigenvalue weighted by Gasteiger charge is -2.26. The normalized spacial score (nSPS) is 15.7. The summed E-state index contributed by atoms with van der Waals surface area (Å²) in [5.74, 6) is -0.675. The highest BCUT2D eigenvalue weighted by Gasteiger charge is 2.30. The molecule has 0 bridgehead atoms. The molecule has 9 heteroatoms. The van der Waals surface area contributed by atoms with Gasteiger partial charge in [-0.1, -0.05) is 12.1 Å². The monoisotopic (exact) mass is 465 g/mol. The highest BCUT2D eigenvalue weighted by molar-refractivity contribution is 5.87. The van der Waals surface area contributed by atoms with Crippen molar-refractivity contribution >= 4 is 23.0 Å². The number of rotatable bonds is 5. The number of carbonyl (C=O) groups is 1. The number of carbonyl (C=O) groups excluding carboxylic acids is 1. The van der Waals surface area contributed by atoms with E-state index in [1.807, 2.05) is 4.90 Å². The Balaban J connectivity index is 1.35. The van der Waals surface area contributed by atoms with E-state index in [-0.39, 0.29) is 17.9 Å². The lowest BCUT2D eigenvalue weighted by molar-refractivity contribution is 0.243. The number of anilines is 1. The van der Waals surface area contributed by atoms with Crippen LogP contribution in [-0.2, 0) is 6.42 Å². The molecule has 1 fully saturated rings. The number of nitrogens with zero attached hydrogens (tertiary/aromatic N) is 4. The van der Waals surface area contributed by atoms with Gasteiger partial charge in [-0.25, -0.2) is 32.5 Å². The Hall–Kier alpha value is -3.88. The van der Waals surface area contributed by atoms with Crippen molar-refractivity contribution in [2.45, 2.75) is 25.3 Å². The number of benzene rings is 2. The molecule has 0 radical (unpaired) electrons. The number of hydrogen-bond donors (Lipinski definition) is 1. The maximum absolute atomic E-state index is 14.4. The van der Waals surface area contributed by atoms with E-state index in [0.29, 0.717) is 48.5 Å². The maximum atomic E-state index is 14.4. The van der Waals surface area contributed by atoms with E-state index in [1.54, 1.807) is 24.3 Å². The molecule has 3 heterocycles. The quantitative estimate of drug-likeness (QED) is 0.451. The first-order chi connectivity index (χ1) is 16.5. The van der Waals surface area contributed by atoms with Crippen molar-refractivity contribution in [1.82, 2.24) is 19.9 Å². The third kappa shape index (κ3) is 4.33. The third-order valence-electron chi connectivity index (χ3n) is 6.07. The van der Waals surface area contributed by atoms with Gasteiger partial charge in [-0.2, -0.15) is 0 Å². The van der Waals surface area contributed by atoms with E-state index in [4.69, 9.17) is 0 Å². The van der Waals surface area contributed by atoms with Crippen LogP contribution >= 0.6 is 0 Å². The van der Waals surface area contributed by atoms with Gasteiger partial charge in [0.05, 0.1) is 6.04 Å². The van der Waals surface area contributed by atoms with Gasteiger partial charge in [0.2, 0.25) is 0 Å². The van der Waals surface area contributed by atoms with Gasteiger partial charge in [-0.05, 0) is 67.3 Å². The van der Waals surface area contributed by atoms with E-state index in [2.05, 4.69) is 15.3 Å². The number of fused-ring (bicyclic) bond motifs is 1. The second-order valence-electron chi connectivity index (χ2n) is 8.25. The number of imidazole rings is 1. The first kappa shape index (κ1) is 21.9.